The lowest BCUT2D eigenvalue weighted by Crippen LogP contribution is -2.47. The van der Waals surface area contributed by atoms with Gasteiger partial charge in [-0.15, -0.1) is 0 Å². The van der Waals surface area contributed by atoms with Crippen molar-refractivity contribution in [3.63, 3.8) is 0 Å². The van der Waals surface area contributed by atoms with Gasteiger partial charge in [0.1, 0.15) is 0 Å². The van der Waals surface area contributed by atoms with Gasteiger partial charge in [-0.1, -0.05) is 36.5 Å². The van der Waals surface area contributed by atoms with Crippen LogP contribution in [0.5, 0.6) is 0 Å². The number of amides is 1. The molecule has 1 aromatic carbocycles. The van der Waals surface area contributed by atoms with Crippen molar-refractivity contribution in [1.82, 2.24) is 4.90 Å². The Morgan fingerprint density at radius 2 is 2.15 bits per heavy atom. The van der Waals surface area contributed by atoms with Crippen LogP contribution in [0, 0.1) is 11.8 Å². The van der Waals surface area contributed by atoms with E-state index in [2.05, 4.69) is 16.7 Å². The van der Waals surface area contributed by atoms with Gasteiger partial charge in [0.05, 0.1) is 12.6 Å². The molecule has 0 aromatic heterocycles. The first kappa shape index (κ1) is 14.6. The molecule has 0 spiro atoms. The third kappa shape index (κ3) is 3.60. The average molecular weight is 271 g/mol. The molecule has 4 nitrogen and oxygen atoms in total. The Hall–Kier alpha value is -1.83. The lowest BCUT2D eigenvalue weighted by molar-refractivity contribution is -0.124. The molecule has 0 saturated carbocycles. The van der Waals surface area contributed by atoms with Gasteiger partial charge in [0.15, 0.2) is 0 Å². The maximum absolute atomic E-state index is 11.5. The van der Waals surface area contributed by atoms with Crippen molar-refractivity contribution in [2.75, 3.05) is 13.1 Å². The number of likely N-dealkylation sites (tertiary alicyclic amines) is 1. The second kappa shape index (κ2) is 7.09. The van der Waals surface area contributed by atoms with Gasteiger partial charge in [0.2, 0.25) is 5.91 Å². The average Bonchev–Trinajstić information content (AvgIpc) is 2.47. The van der Waals surface area contributed by atoms with Crippen LogP contribution in [0.15, 0.2) is 24.3 Å². The van der Waals surface area contributed by atoms with E-state index in [4.69, 9.17) is 11.5 Å². The molecule has 1 aromatic rings. The summed E-state index contributed by atoms with van der Waals surface area (Å²) in [5, 5.41) is 0. The van der Waals surface area contributed by atoms with E-state index >= 15 is 0 Å². The SMILES string of the molecule is NCC#Cc1ccccc1CN1CCCCC1C(N)=O. The summed E-state index contributed by atoms with van der Waals surface area (Å²) in [6, 6.07) is 7.84. The number of carbonyl (C=O) groups is 1. The Labute approximate surface area is 120 Å². The summed E-state index contributed by atoms with van der Waals surface area (Å²) in [5.74, 6) is 5.75. The maximum Gasteiger partial charge on any atom is 0.234 e. The highest BCUT2D eigenvalue weighted by Crippen LogP contribution is 2.20. The lowest BCUT2D eigenvalue weighted by Gasteiger charge is -2.33. The van der Waals surface area contributed by atoms with E-state index < -0.39 is 0 Å². The first-order valence-electron chi connectivity index (χ1n) is 7.02. The molecular weight excluding hydrogens is 250 g/mol. The van der Waals surface area contributed by atoms with Crippen molar-refractivity contribution in [1.29, 1.82) is 0 Å². The number of nitrogens with two attached hydrogens (primary N) is 2. The first-order valence-corrected chi connectivity index (χ1v) is 7.02. The number of carbonyl (C=O) groups excluding carboxylic acids is 1. The molecule has 1 fully saturated rings. The van der Waals surface area contributed by atoms with Gasteiger partial charge in [-0.25, -0.2) is 0 Å². The van der Waals surface area contributed by atoms with Crippen LogP contribution in [0.3, 0.4) is 0 Å². The van der Waals surface area contributed by atoms with Crippen LogP contribution in [0.1, 0.15) is 30.4 Å². The molecule has 4 N–H and O–H groups in total. The van der Waals surface area contributed by atoms with E-state index in [0.717, 1.165) is 36.9 Å². The first-order chi connectivity index (χ1) is 9.72. The second-order valence-electron chi connectivity index (χ2n) is 5.05. The van der Waals surface area contributed by atoms with Crippen LogP contribution >= 0.6 is 0 Å². The van der Waals surface area contributed by atoms with E-state index in [1.54, 1.807) is 0 Å². The molecule has 1 atom stereocenters. The summed E-state index contributed by atoms with van der Waals surface area (Å²) in [6.07, 6.45) is 3.03. The molecule has 1 aliphatic rings. The number of rotatable bonds is 3. The van der Waals surface area contributed by atoms with Crippen molar-refractivity contribution in [3.8, 4) is 11.8 Å². The number of hydrogen-bond donors (Lipinski definition) is 2. The smallest absolute Gasteiger partial charge is 0.234 e. The van der Waals surface area contributed by atoms with Crippen LogP contribution in [0.4, 0.5) is 0 Å². The van der Waals surface area contributed by atoms with Gasteiger partial charge in [-0.3, -0.25) is 9.69 Å². The highest BCUT2D eigenvalue weighted by Gasteiger charge is 2.27. The molecule has 4 heteroatoms. The van der Waals surface area contributed by atoms with Crippen molar-refractivity contribution < 1.29 is 4.79 Å². The zero-order valence-corrected chi connectivity index (χ0v) is 11.6. The predicted octanol–water partition coefficient (Wildman–Crippen LogP) is 0.837. The summed E-state index contributed by atoms with van der Waals surface area (Å²) in [5.41, 5.74) is 13.0. The molecule has 2 rings (SSSR count). The molecule has 0 radical (unpaired) electrons. The molecule has 106 valence electrons. The zero-order valence-electron chi connectivity index (χ0n) is 11.6. The fourth-order valence-electron chi connectivity index (χ4n) is 2.65. The minimum Gasteiger partial charge on any atom is -0.368 e. The molecule has 1 saturated heterocycles. The maximum atomic E-state index is 11.5. The predicted molar refractivity (Wildman–Crippen MR) is 79.6 cm³/mol. The third-order valence-electron chi connectivity index (χ3n) is 3.66. The van der Waals surface area contributed by atoms with Gasteiger partial charge < -0.3 is 11.5 Å². The van der Waals surface area contributed by atoms with Gasteiger partial charge >= 0.3 is 0 Å². The zero-order chi connectivity index (χ0) is 14.4. The van der Waals surface area contributed by atoms with Crippen molar-refractivity contribution in [3.05, 3.63) is 35.4 Å². The summed E-state index contributed by atoms with van der Waals surface area (Å²) < 4.78 is 0. The highest BCUT2D eigenvalue weighted by atomic mass is 16.1. The lowest BCUT2D eigenvalue weighted by atomic mass is 9.99. The third-order valence-corrected chi connectivity index (χ3v) is 3.66. The Kier molecular flexibility index (Phi) is 5.16. The molecule has 20 heavy (non-hydrogen) atoms. The van der Waals surface area contributed by atoms with Gasteiger partial charge in [0.25, 0.3) is 0 Å². The number of piperidine rings is 1. The molecule has 0 aliphatic carbocycles. The summed E-state index contributed by atoms with van der Waals surface area (Å²) in [4.78, 5) is 13.7. The monoisotopic (exact) mass is 271 g/mol. The van der Waals surface area contributed by atoms with Crippen LogP contribution in [0.2, 0.25) is 0 Å². The fourth-order valence-corrected chi connectivity index (χ4v) is 2.65. The van der Waals surface area contributed by atoms with E-state index in [0.29, 0.717) is 13.1 Å². The van der Waals surface area contributed by atoms with E-state index in [9.17, 15) is 4.79 Å². The standard InChI is InChI=1S/C16H21N3O/c17-10-5-8-13-6-1-2-7-14(13)12-19-11-4-3-9-15(19)16(18)20/h1-2,6-7,15H,3-4,9-12,17H2,(H2,18,20). The molecule has 0 bridgehead atoms. The number of primary amides is 1. The Morgan fingerprint density at radius 3 is 2.90 bits per heavy atom. The second-order valence-corrected chi connectivity index (χ2v) is 5.05. The normalized spacial score (nSPS) is 19.1. The fraction of sp³-hybridized carbons (Fsp3) is 0.438. The Bertz CT molecular complexity index is 530. The summed E-state index contributed by atoms with van der Waals surface area (Å²) in [7, 11) is 0. The Morgan fingerprint density at radius 1 is 1.35 bits per heavy atom. The minimum absolute atomic E-state index is 0.153. The molecule has 1 heterocycles. The highest BCUT2D eigenvalue weighted by molar-refractivity contribution is 5.79. The molecule has 1 aliphatic heterocycles. The Balaban J connectivity index is 2.18. The minimum atomic E-state index is -0.227. The van der Waals surface area contributed by atoms with Crippen molar-refractivity contribution >= 4 is 5.91 Å². The van der Waals surface area contributed by atoms with E-state index in [1.165, 1.54) is 0 Å². The van der Waals surface area contributed by atoms with Gasteiger partial charge in [-0.2, -0.15) is 0 Å². The van der Waals surface area contributed by atoms with Crippen LogP contribution in [-0.4, -0.2) is 29.9 Å². The summed E-state index contributed by atoms with van der Waals surface area (Å²) >= 11 is 0. The summed E-state index contributed by atoms with van der Waals surface area (Å²) in [6.45, 7) is 1.97. The van der Waals surface area contributed by atoms with E-state index in [-0.39, 0.29) is 11.9 Å². The van der Waals surface area contributed by atoms with Crippen LogP contribution < -0.4 is 11.5 Å². The molecule has 1 unspecified atom stereocenters. The molecule has 1 amide bonds. The van der Waals surface area contributed by atoms with Crippen molar-refractivity contribution in [2.45, 2.75) is 31.8 Å². The topological polar surface area (TPSA) is 72.3 Å². The largest absolute Gasteiger partial charge is 0.368 e. The number of nitrogens with zero attached hydrogens (tertiary/aromatic N) is 1. The number of benzene rings is 1. The molecular formula is C16H21N3O. The van der Waals surface area contributed by atoms with Crippen LogP contribution in [0.25, 0.3) is 0 Å². The quantitative estimate of drug-likeness (QED) is 0.800. The van der Waals surface area contributed by atoms with Crippen LogP contribution in [-0.2, 0) is 11.3 Å². The van der Waals surface area contributed by atoms with Gasteiger partial charge in [-0.05, 0) is 31.0 Å². The van der Waals surface area contributed by atoms with Gasteiger partial charge in [0, 0.05) is 12.1 Å². The van der Waals surface area contributed by atoms with E-state index in [1.807, 2.05) is 24.3 Å². The number of hydrogen-bond acceptors (Lipinski definition) is 3. The van der Waals surface area contributed by atoms with Crippen molar-refractivity contribution in [2.24, 2.45) is 11.5 Å².